The first-order chi connectivity index (χ1) is 10.6. The van der Waals surface area contributed by atoms with Crippen LogP contribution >= 0.6 is 0 Å². The van der Waals surface area contributed by atoms with Crippen molar-refractivity contribution in [1.29, 1.82) is 0 Å². The van der Waals surface area contributed by atoms with E-state index in [0.29, 0.717) is 22.6 Å². The zero-order valence-electron chi connectivity index (χ0n) is 12.1. The molecule has 0 spiro atoms. The van der Waals surface area contributed by atoms with Crippen molar-refractivity contribution in [2.24, 2.45) is 0 Å². The summed E-state index contributed by atoms with van der Waals surface area (Å²) in [5.41, 5.74) is 1.24. The quantitative estimate of drug-likeness (QED) is 0.796. The number of aryl methyl sites for hydroxylation is 1. The summed E-state index contributed by atoms with van der Waals surface area (Å²) >= 11 is 0. The Kier molecular flexibility index (Phi) is 5.14. The van der Waals surface area contributed by atoms with Gasteiger partial charge in [0, 0.05) is 5.56 Å². The smallest absolute Gasteiger partial charge is 0.341 e. The SMILES string of the molecule is Cc1cc(OCC(=O)O)ccc1C(=O)COc1ccccc1. The van der Waals surface area contributed by atoms with Crippen LogP contribution in [0.25, 0.3) is 0 Å². The van der Waals surface area contributed by atoms with Crippen LogP contribution in [0.4, 0.5) is 0 Å². The minimum Gasteiger partial charge on any atom is -0.485 e. The Labute approximate surface area is 128 Å². The number of benzene rings is 2. The lowest BCUT2D eigenvalue weighted by Gasteiger charge is -2.09. The molecule has 5 nitrogen and oxygen atoms in total. The number of hydrogen-bond acceptors (Lipinski definition) is 4. The molecule has 0 fully saturated rings. The first-order valence-electron chi connectivity index (χ1n) is 6.72. The van der Waals surface area contributed by atoms with Gasteiger partial charge in [-0.1, -0.05) is 18.2 Å². The third-order valence-electron chi connectivity index (χ3n) is 2.97. The van der Waals surface area contributed by atoms with E-state index in [1.807, 2.05) is 18.2 Å². The van der Waals surface area contributed by atoms with E-state index in [1.54, 1.807) is 37.3 Å². The highest BCUT2D eigenvalue weighted by molar-refractivity contribution is 5.98. The van der Waals surface area contributed by atoms with Gasteiger partial charge in [-0.2, -0.15) is 0 Å². The molecule has 0 saturated heterocycles. The fraction of sp³-hybridized carbons (Fsp3) is 0.176. The standard InChI is InChI=1S/C17H16O5/c1-12-9-14(22-11-17(19)20)7-8-15(12)16(18)10-21-13-5-3-2-4-6-13/h2-9H,10-11H2,1H3,(H,19,20). The van der Waals surface area contributed by atoms with Crippen molar-refractivity contribution in [3.05, 3.63) is 59.7 Å². The zero-order chi connectivity index (χ0) is 15.9. The van der Waals surface area contributed by atoms with Gasteiger partial charge >= 0.3 is 5.97 Å². The molecule has 0 atom stereocenters. The molecular formula is C17H16O5. The number of carbonyl (C=O) groups is 2. The number of carboxylic acid groups (broad SMARTS) is 1. The van der Waals surface area contributed by atoms with Crippen LogP contribution in [0.1, 0.15) is 15.9 Å². The minimum atomic E-state index is -1.05. The highest BCUT2D eigenvalue weighted by atomic mass is 16.5. The lowest BCUT2D eigenvalue weighted by atomic mass is 10.0. The van der Waals surface area contributed by atoms with Crippen molar-refractivity contribution in [3.8, 4) is 11.5 Å². The fourth-order valence-corrected chi connectivity index (χ4v) is 1.93. The van der Waals surface area contributed by atoms with E-state index >= 15 is 0 Å². The first-order valence-corrected chi connectivity index (χ1v) is 6.72. The Balaban J connectivity index is 1.99. The number of ketones is 1. The Morgan fingerprint density at radius 2 is 1.64 bits per heavy atom. The van der Waals surface area contributed by atoms with E-state index in [1.165, 1.54) is 0 Å². The summed E-state index contributed by atoms with van der Waals surface area (Å²) in [5, 5.41) is 8.57. The molecule has 0 unspecified atom stereocenters. The molecular weight excluding hydrogens is 284 g/mol. The average molecular weight is 300 g/mol. The first kappa shape index (κ1) is 15.6. The normalized spacial score (nSPS) is 10.0. The predicted octanol–water partition coefficient (Wildman–Crippen LogP) is 2.72. The van der Waals surface area contributed by atoms with Gasteiger partial charge in [-0.05, 0) is 42.8 Å². The molecule has 0 aliphatic heterocycles. The topological polar surface area (TPSA) is 72.8 Å². The van der Waals surface area contributed by atoms with Gasteiger partial charge in [0.15, 0.2) is 19.0 Å². The average Bonchev–Trinajstić information content (AvgIpc) is 2.51. The number of hydrogen-bond donors (Lipinski definition) is 1. The summed E-state index contributed by atoms with van der Waals surface area (Å²) in [4.78, 5) is 22.6. The van der Waals surface area contributed by atoms with Gasteiger partial charge in [-0.3, -0.25) is 4.79 Å². The van der Waals surface area contributed by atoms with Crippen LogP contribution in [-0.2, 0) is 4.79 Å². The number of rotatable bonds is 7. The van der Waals surface area contributed by atoms with Gasteiger partial charge in [-0.15, -0.1) is 0 Å². The molecule has 0 aliphatic rings. The zero-order valence-corrected chi connectivity index (χ0v) is 12.1. The molecule has 1 N–H and O–H groups in total. The van der Waals surface area contributed by atoms with Crippen LogP contribution in [0.3, 0.4) is 0 Å². The molecule has 2 rings (SSSR count). The van der Waals surface area contributed by atoms with Crippen LogP contribution in [0.2, 0.25) is 0 Å². The Morgan fingerprint density at radius 1 is 0.955 bits per heavy atom. The van der Waals surface area contributed by atoms with Gasteiger partial charge in [0.2, 0.25) is 0 Å². The van der Waals surface area contributed by atoms with E-state index < -0.39 is 12.6 Å². The number of aliphatic carboxylic acids is 1. The van der Waals surface area contributed by atoms with Crippen molar-refractivity contribution in [1.82, 2.24) is 0 Å². The number of ether oxygens (including phenoxy) is 2. The molecule has 2 aromatic carbocycles. The highest BCUT2D eigenvalue weighted by Crippen LogP contribution is 2.18. The van der Waals surface area contributed by atoms with E-state index in [2.05, 4.69) is 0 Å². The van der Waals surface area contributed by atoms with Gasteiger partial charge in [0.1, 0.15) is 11.5 Å². The summed E-state index contributed by atoms with van der Waals surface area (Å²) in [6.07, 6.45) is 0. The second-order valence-corrected chi connectivity index (χ2v) is 4.68. The number of carbonyl (C=O) groups excluding carboxylic acids is 1. The molecule has 0 heterocycles. The predicted molar refractivity (Wildman–Crippen MR) is 80.6 cm³/mol. The second kappa shape index (κ2) is 7.26. The maximum absolute atomic E-state index is 12.2. The molecule has 114 valence electrons. The molecule has 0 amide bonds. The number of para-hydroxylation sites is 1. The molecule has 0 aliphatic carbocycles. The maximum Gasteiger partial charge on any atom is 0.341 e. The summed E-state index contributed by atoms with van der Waals surface area (Å²) in [5.74, 6) is -0.143. The lowest BCUT2D eigenvalue weighted by Crippen LogP contribution is -2.13. The van der Waals surface area contributed by atoms with E-state index in [9.17, 15) is 9.59 Å². The molecule has 2 aromatic rings. The van der Waals surface area contributed by atoms with Gasteiger partial charge in [0.25, 0.3) is 0 Å². The van der Waals surface area contributed by atoms with Crippen molar-refractivity contribution in [2.75, 3.05) is 13.2 Å². The summed E-state index contributed by atoms with van der Waals surface area (Å²) in [7, 11) is 0. The minimum absolute atomic E-state index is 0.0554. The Morgan fingerprint density at radius 3 is 2.27 bits per heavy atom. The summed E-state index contributed by atoms with van der Waals surface area (Å²) in [6.45, 7) is 1.30. The van der Waals surface area contributed by atoms with Crippen molar-refractivity contribution >= 4 is 11.8 Å². The second-order valence-electron chi connectivity index (χ2n) is 4.68. The molecule has 0 bridgehead atoms. The molecule has 22 heavy (non-hydrogen) atoms. The number of carboxylic acids is 1. The van der Waals surface area contributed by atoms with Crippen LogP contribution in [0.5, 0.6) is 11.5 Å². The van der Waals surface area contributed by atoms with Crippen LogP contribution in [0, 0.1) is 6.92 Å². The molecule has 0 saturated carbocycles. The van der Waals surface area contributed by atoms with Gasteiger partial charge in [0.05, 0.1) is 0 Å². The Bertz CT molecular complexity index is 664. The third-order valence-corrected chi connectivity index (χ3v) is 2.97. The molecule has 0 radical (unpaired) electrons. The largest absolute Gasteiger partial charge is 0.485 e. The maximum atomic E-state index is 12.2. The Hall–Kier alpha value is -2.82. The van der Waals surface area contributed by atoms with E-state index in [0.717, 1.165) is 0 Å². The van der Waals surface area contributed by atoms with Crippen molar-refractivity contribution in [3.63, 3.8) is 0 Å². The lowest BCUT2D eigenvalue weighted by molar-refractivity contribution is -0.139. The summed E-state index contributed by atoms with van der Waals surface area (Å²) in [6, 6.07) is 13.9. The van der Waals surface area contributed by atoms with Crippen LogP contribution < -0.4 is 9.47 Å². The van der Waals surface area contributed by atoms with Crippen LogP contribution in [-0.4, -0.2) is 30.1 Å². The number of Topliss-reactive ketones (excluding diaryl/α,β-unsaturated/α-hetero) is 1. The summed E-state index contributed by atoms with van der Waals surface area (Å²) < 4.78 is 10.5. The molecule has 0 aromatic heterocycles. The molecule has 5 heteroatoms. The van der Waals surface area contributed by atoms with E-state index in [4.69, 9.17) is 14.6 Å². The van der Waals surface area contributed by atoms with Crippen LogP contribution in [0.15, 0.2) is 48.5 Å². The third kappa shape index (κ3) is 4.34. The fourth-order valence-electron chi connectivity index (χ4n) is 1.93. The van der Waals surface area contributed by atoms with Crippen molar-refractivity contribution < 1.29 is 24.2 Å². The highest BCUT2D eigenvalue weighted by Gasteiger charge is 2.11. The van der Waals surface area contributed by atoms with Gasteiger partial charge in [-0.25, -0.2) is 4.79 Å². The monoisotopic (exact) mass is 300 g/mol. The van der Waals surface area contributed by atoms with Gasteiger partial charge < -0.3 is 14.6 Å². The van der Waals surface area contributed by atoms with Crippen molar-refractivity contribution in [2.45, 2.75) is 6.92 Å². The van der Waals surface area contributed by atoms with E-state index in [-0.39, 0.29) is 12.4 Å².